The van der Waals surface area contributed by atoms with Gasteiger partial charge in [0, 0.05) is 48.5 Å². The maximum absolute atomic E-state index is 4.81. The van der Waals surface area contributed by atoms with Gasteiger partial charge in [0.05, 0.1) is 5.69 Å². The molecule has 1 aromatic heterocycles. The van der Waals surface area contributed by atoms with Crippen LogP contribution in [-0.2, 0) is 0 Å². The van der Waals surface area contributed by atoms with Crippen LogP contribution in [0.5, 0.6) is 0 Å². The molecule has 2 heterocycles. The van der Waals surface area contributed by atoms with Gasteiger partial charge in [-0.1, -0.05) is 18.2 Å². The zero-order valence-electron chi connectivity index (χ0n) is 17.1. The molecule has 0 aliphatic carbocycles. The van der Waals surface area contributed by atoms with E-state index in [1.165, 1.54) is 27.9 Å². The lowest BCUT2D eigenvalue weighted by molar-refractivity contribution is 0.313. The van der Waals surface area contributed by atoms with Crippen LogP contribution >= 0.6 is 11.3 Å². The van der Waals surface area contributed by atoms with Gasteiger partial charge < -0.3 is 15.1 Å². The number of thiazole rings is 1. The van der Waals surface area contributed by atoms with Crippen LogP contribution in [0.3, 0.4) is 0 Å². The lowest BCUT2D eigenvalue weighted by Gasteiger charge is -2.34. The first-order valence-corrected chi connectivity index (χ1v) is 10.7. The van der Waals surface area contributed by atoms with Crippen molar-refractivity contribution in [2.45, 2.75) is 20.8 Å². The standard InChI is InChI=1S/C23H28N4S/c1-16-13-18(3)21(14-17(16)2)24-23-25-22(15-28-23)19-5-7-20(8-6-19)27-11-9-26(4)10-12-27/h5-8,13-15H,9-12H2,1-4H3,(H,24,25). The molecule has 0 atom stereocenters. The van der Waals surface area contributed by atoms with Gasteiger partial charge in [-0.25, -0.2) is 4.98 Å². The smallest absolute Gasteiger partial charge is 0.187 e. The topological polar surface area (TPSA) is 31.4 Å². The highest BCUT2D eigenvalue weighted by Gasteiger charge is 2.14. The normalized spacial score (nSPS) is 15.1. The number of likely N-dealkylation sites (N-methyl/N-ethyl adjacent to an activating group) is 1. The van der Waals surface area contributed by atoms with Crippen LogP contribution in [0.1, 0.15) is 16.7 Å². The van der Waals surface area contributed by atoms with Gasteiger partial charge in [-0.3, -0.25) is 0 Å². The number of nitrogens with zero attached hydrogens (tertiary/aromatic N) is 3. The maximum Gasteiger partial charge on any atom is 0.187 e. The van der Waals surface area contributed by atoms with Gasteiger partial charge in [0.25, 0.3) is 0 Å². The van der Waals surface area contributed by atoms with Gasteiger partial charge in [0.15, 0.2) is 5.13 Å². The Hall–Kier alpha value is -2.37. The van der Waals surface area contributed by atoms with Gasteiger partial charge in [-0.05, 0) is 62.7 Å². The van der Waals surface area contributed by atoms with E-state index in [0.717, 1.165) is 42.7 Å². The Morgan fingerprint density at radius 3 is 2.29 bits per heavy atom. The van der Waals surface area contributed by atoms with E-state index in [1.54, 1.807) is 11.3 Å². The minimum absolute atomic E-state index is 0.935. The Kier molecular flexibility index (Phi) is 5.38. The number of aryl methyl sites for hydroxylation is 3. The molecule has 0 spiro atoms. The van der Waals surface area contributed by atoms with Crippen molar-refractivity contribution in [3.05, 3.63) is 58.5 Å². The summed E-state index contributed by atoms with van der Waals surface area (Å²) in [7, 11) is 2.19. The summed E-state index contributed by atoms with van der Waals surface area (Å²) in [5.41, 5.74) is 8.49. The average Bonchev–Trinajstić information content (AvgIpc) is 3.15. The Bertz CT molecular complexity index is 953. The molecule has 0 radical (unpaired) electrons. The van der Waals surface area contributed by atoms with E-state index in [2.05, 4.69) is 84.7 Å². The quantitative estimate of drug-likeness (QED) is 0.659. The first-order chi connectivity index (χ1) is 13.5. The first-order valence-electron chi connectivity index (χ1n) is 9.84. The number of hydrogen-bond acceptors (Lipinski definition) is 5. The second-order valence-corrected chi connectivity index (χ2v) is 8.61. The highest BCUT2D eigenvalue weighted by atomic mass is 32.1. The summed E-state index contributed by atoms with van der Waals surface area (Å²) in [5.74, 6) is 0. The van der Waals surface area contributed by atoms with Gasteiger partial charge >= 0.3 is 0 Å². The minimum atomic E-state index is 0.935. The zero-order valence-corrected chi connectivity index (χ0v) is 17.9. The van der Waals surface area contributed by atoms with Crippen molar-refractivity contribution in [2.75, 3.05) is 43.4 Å². The van der Waals surface area contributed by atoms with Crippen LogP contribution in [0.15, 0.2) is 41.8 Å². The van der Waals surface area contributed by atoms with Crippen LogP contribution in [0, 0.1) is 20.8 Å². The molecule has 0 saturated carbocycles. The number of rotatable bonds is 4. The van der Waals surface area contributed by atoms with E-state index in [-0.39, 0.29) is 0 Å². The monoisotopic (exact) mass is 392 g/mol. The van der Waals surface area contributed by atoms with Crippen molar-refractivity contribution in [1.82, 2.24) is 9.88 Å². The summed E-state index contributed by atoms with van der Waals surface area (Å²) < 4.78 is 0. The van der Waals surface area contributed by atoms with E-state index in [4.69, 9.17) is 4.98 Å². The largest absolute Gasteiger partial charge is 0.369 e. The molecule has 3 aromatic rings. The van der Waals surface area contributed by atoms with Crippen LogP contribution in [-0.4, -0.2) is 43.1 Å². The van der Waals surface area contributed by atoms with Crippen molar-refractivity contribution in [3.63, 3.8) is 0 Å². The molecule has 0 amide bonds. The second-order valence-electron chi connectivity index (χ2n) is 7.75. The van der Waals surface area contributed by atoms with E-state index in [9.17, 15) is 0 Å². The second kappa shape index (κ2) is 7.94. The number of anilines is 3. The van der Waals surface area contributed by atoms with Crippen molar-refractivity contribution < 1.29 is 0 Å². The first kappa shape index (κ1) is 19.0. The third-order valence-electron chi connectivity index (χ3n) is 5.62. The molecule has 1 aliphatic heterocycles. The fourth-order valence-electron chi connectivity index (χ4n) is 3.58. The predicted octanol–water partition coefficient (Wildman–Crippen LogP) is 5.23. The zero-order chi connectivity index (χ0) is 19.7. The summed E-state index contributed by atoms with van der Waals surface area (Å²) in [6, 6.07) is 13.3. The van der Waals surface area contributed by atoms with Crippen LogP contribution in [0.2, 0.25) is 0 Å². The Morgan fingerprint density at radius 1 is 0.893 bits per heavy atom. The van der Waals surface area contributed by atoms with Gasteiger partial charge in [-0.15, -0.1) is 11.3 Å². The molecule has 28 heavy (non-hydrogen) atoms. The Morgan fingerprint density at radius 2 is 1.57 bits per heavy atom. The van der Waals surface area contributed by atoms with Gasteiger partial charge in [0.2, 0.25) is 0 Å². The van der Waals surface area contributed by atoms with E-state index < -0.39 is 0 Å². The molecule has 1 aliphatic rings. The molecular formula is C23H28N4S. The lowest BCUT2D eigenvalue weighted by atomic mass is 10.1. The third-order valence-corrected chi connectivity index (χ3v) is 6.38. The fourth-order valence-corrected chi connectivity index (χ4v) is 4.31. The summed E-state index contributed by atoms with van der Waals surface area (Å²) in [4.78, 5) is 9.65. The molecule has 2 aromatic carbocycles. The van der Waals surface area contributed by atoms with E-state index in [0.29, 0.717) is 0 Å². The maximum atomic E-state index is 4.81. The lowest BCUT2D eigenvalue weighted by Crippen LogP contribution is -2.44. The predicted molar refractivity (Wildman–Crippen MR) is 121 cm³/mol. The van der Waals surface area contributed by atoms with Crippen LogP contribution in [0.25, 0.3) is 11.3 Å². The molecule has 0 bridgehead atoms. The molecule has 146 valence electrons. The van der Waals surface area contributed by atoms with Crippen molar-refractivity contribution in [1.29, 1.82) is 0 Å². The summed E-state index contributed by atoms with van der Waals surface area (Å²) in [6.45, 7) is 10.9. The molecular weight excluding hydrogens is 364 g/mol. The van der Waals surface area contributed by atoms with Crippen molar-refractivity contribution in [3.8, 4) is 11.3 Å². The molecule has 5 heteroatoms. The minimum Gasteiger partial charge on any atom is -0.369 e. The number of hydrogen-bond donors (Lipinski definition) is 1. The Labute approximate surface area is 171 Å². The summed E-state index contributed by atoms with van der Waals surface area (Å²) in [6.07, 6.45) is 0. The van der Waals surface area contributed by atoms with E-state index >= 15 is 0 Å². The molecule has 0 unspecified atom stereocenters. The highest BCUT2D eigenvalue weighted by molar-refractivity contribution is 7.14. The molecule has 1 saturated heterocycles. The van der Waals surface area contributed by atoms with E-state index in [1.807, 2.05) is 0 Å². The van der Waals surface area contributed by atoms with Crippen molar-refractivity contribution >= 4 is 27.8 Å². The Balaban J connectivity index is 1.48. The van der Waals surface area contributed by atoms with Gasteiger partial charge in [0.1, 0.15) is 0 Å². The third kappa shape index (κ3) is 4.05. The molecule has 4 rings (SSSR count). The average molecular weight is 393 g/mol. The summed E-state index contributed by atoms with van der Waals surface area (Å²) in [5, 5.41) is 6.56. The number of aromatic nitrogens is 1. The fraction of sp³-hybridized carbons (Fsp3) is 0.348. The highest BCUT2D eigenvalue weighted by Crippen LogP contribution is 2.30. The number of nitrogens with one attached hydrogen (secondary N) is 1. The van der Waals surface area contributed by atoms with Gasteiger partial charge in [-0.2, -0.15) is 0 Å². The number of benzene rings is 2. The SMILES string of the molecule is Cc1cc(C)c(Nc2nc(-c3ccc(N4CCN(C)CC4)cc3)cs2)cc1C. The number of piperazine rings is 1. The van der Waals surface area contributed by atoms with Crippen LogP contribution < -0.4 is 10.2 Å². The van der Waals surface area contributed by atoms with Crippen LogP contribution in [0.4, 0.5) is 16.5 Å². The molecule has 1 fully saturated rings. The van der Waals surface area contributed by atoms with Crippen molar-refractivity contribution in [2.24, 2.45) is 0 Å². The molecule has 4 nitrogen and oxygen atoms in total. The summed E-state index contributed by atoms with van der Waals surface area (Å²) >= 11 is 1.65. The molecule has 1 N–H and O–H groups in total.